The van der Waals surface area contributed by atoms with Gasteiger partial charge in [0.25, 0.3) is 0 Å². The summed E-state index contributed by atoms with van der Waals surface area (Å²) in [5, 5.41) is 0. The molecule has 1 saturated carbocycles. The molecule has 1 fully saturated rings. The molecule has 2 rings (SSSR count). The van der Waals surface area contributed by atoms with Gasteiger partial charge >= 0.3 is 19.7 Å². The maximum absolute atomic E-state index is 14.1. The van der Waals surface area contributed by atoms with Crippen molar-refractivity contribution in [2.75, 3.05) is 0 Å². The van der Waals surface area contributed by atoms with E-state index in [4.69, 9.17) is 0 Å². The van der Waals surface area contributed by atoms with Crippen LogP contribution >= 0.6 is 7.60 Å². The summed E-state index contributed by atoms with van der Waals surface area (Å²) < 4.78 is 135. The zero-order chi connectivity index (χ0) is 20.8. The summed E-state index contributed by atoms with van der Waals surface area (Å²) in [6.07, 6.45) is -4.93. The third-order valence-corrected chi connectivity index (χ3v) is 6.03. The monoisotopic (exact) mass is 430 g/mol. The fourth-order valence-corrected chi connectivity index (χ4v) is 4.31. The van der Waals surface area contributed by atoms with E-state index in [2.05, 4.69) is 4.52 Å². The van der Waals surface area contributed by atoms with Gasteiger partial charge in [0.2, 0.25) is 11.6 Å². The molecule has 0 heterocycles. The van der Waals surface area contributed by atoms with Gasteiger partial charge in [0.15, 0.2) is 17.5 Å². The van der Waals surface area contributed by atoms with Crippen LogP contribution in [-0.2, 0) is 10.5 Å². The minimum absolute atomic E-state index is 0.0479. The lowest BCUT2D eigenvalue weighted by molar-refractivity contribution is -0.291. The van der Waals surface area contributed by atoms with Crippen molar-refractivity contribution >= 4 is 7.60 Å². The van der Waals surface area contributed by atoms with Gasteiger partial charge in [-0.15, -0.1) is 0 Å². The summed E-state index contributed by atoms with van der Waals surface area (Å²) >= 11 is 0. The number of benzene rings is 1. The van der Waals surface area contributed by atoms with E-state index >= 15 is 0 Å². The van der Waals surface area contributed by atoms with Gasteiger partial charge in [0, 0.05) is 0 Å². The second kappa shape index (κ2) is 7.20. The second-order valence-corrected chi connectivity index (χ2v) is 8.02. The first-order valence-corrected chi connectivity index (χ1v) is 9.19. The van der Waals surface area contributed by atoms with Crippen molar-refractivity contribution in [3.8, 4) is 5.75 Å². The Hall–Kier alpha value is -1.42. The molecule has 0 amide bonds. The Bertz CT molecular complexity index is 772. The van der Waals surface area contributed by atoms with Gasteiger partial charge in [-0.25, -0.2) is 17.7 Å². The molecule has 0 spiro atoms. The van der Waals surface area contributed by atoms with Gasteiger partial charge in [-0.3, -0.25) is 0 Å². The Labute approximate surface area is 146 Å². The van der Waals surface area contributed by atoms with Crippen molar-refractivity contribution < 1.29 is 53.5 Å². The largest absolute Gasteiger partial charge is 0.458 e. The third-order valence-electron chi connectivity index (χ3n) is 4.15. The van der Waals surface area contributed by atoms with Crippen LogP contribution in [0.4, 0.5) is 39.5 Å². The maximum atomic E-state index is 14.1. The number of hydrogen-bond acceptors (Lipinski definition) is 2. The number of halogens is 9. The molecule has 154 valence electrons. The predicted octanol–water partition coefficient (Wildman–Crippen LogP) is 5.79. The lowest BCUT2D eigenvalue weighted by atomic mass is 10.0. The van der Waals surface area contributed by atoms with Crippen LogP contribution in [0.5, 0.6) is 5.75 Å². The zero-order valence-electron chi connectivity index (χ0n) is 13.2. The Morgan fingerprint density at radius 2 is 1.37 bits per heavy atom. The van der Waals surface area contributed by atoms with Crippen LogP contribution in [-0.4, -0.2) is 16.7 Å². The van der Waals surface area contributed by atoms with Crippen LogP contribution < -0.4 is 4.52 Å². The normalized spacial score (nSPS) is 19.0. The van der Waals surface area contributed by atoms with Crippen LogP contribution in [0.2, 0.25) is 0 Å². The average molecular weight is 430 g/mol. The van der Waals surface area contributed by atoms with E-state index in [9.17, 15) is 49.0 Å². The molecule has 1 unspecified atom stereocenters. The van der Waals surface area contributed by atoms with E-state index in [0.717, 1.165) is 0 Å². The first-order valence-electron chi connectivity index (χ1n) is 7.54. The predicted molar refractivity (Wildman–Crippen MR) is 73.5 cm³/mol. The fraction of sp³-hybridized carbons (Fsp3) is 0.571. The molecule has 13 heteroatoms. The number of rotatable bonds is 4. The van der Waals surface area contributed by atoms with Crippen molar-refractivity contribution in [2.24, 2.45) is 0 Å². The summed E-state index contributed by atoms with van der Waals surface area (Å²) in [7, 11) is -4.99. The van der Waals surface area contributed by atoms with Crippen molar-refractivity contribution in [1.82, 2.24) is 0 Å². The molecular weight excluding hydrogens is 418 g/mol. The van der Waals surface area contributed by atoms with Crippen LogP contribution in [0.3, 0.4) is 0 Å². The topological polar surface area (TPSA) is 46.5 Å². The van der Waals surface area contributed by atoms with E-state index in [1.807, 2.05) is 0 Å². The third kappa shape index (κ3) is 3.91. The molecule has 27 heavy (non-hydrogen) atoms. The highest BCUT2D eigenvalue weighted by Crippen LogP contribution is 2.55. The van der Waals surface area contributed by atoms with Crippen molar-refractivity contribution in [1.29, 1.82) is 0 Å². The molecule has 0 aromatic heterocycles. The van der Waals surface area contributed by atoms with E-state index in [-0.39, 0.29) is 12.8 Å². The first kappa shape index (κ1) is 21.9. The van der Waals surface area contributed by atoms with Gasteiger partial charge in [0.05, 0.1) is 5.66 Å². The Balaban J connectivity index is 2.59. The zero-order valence-corrected chi connectivity index (χ0v) is 14.1. The molecule has 1 aliphatic carbocycles. The van der Waals surface area contributed by atoms with E-state index < -0.39 is 59.9 Å². The van der Waals surface area contributed by atoms with Gasteiger partial charge < -0.3 is 9.42 Å². The number of hydrogen-bond donors (Lipinski definition) is 1. The summed E-state index contributed by atoms with van der Waals surface area (Å²) in [6, 6.07) is 0. The molecule has 0 aliphatic heterocycles. The Morgan fingerprint density at radius 1 is 0.852 bits per heavy atom. The van der Waals surface area contributed by atoms with Gasteiger partial charge in [-0.2, -0.15) is 26.3 Å². The first-order chi connectivity index (χ1) is 12.2. The molecule has 1 N–H and O–H groups in total. The van der Waals surface area contributed by atoms with Crippen molar-refractivity contribution in [2.45, 2.75) is 49.9 Å². The minimum atomic E-state index is -6.55. The minimum Gasteiger partial charge on any atom is -0.418 e. The summed E-state index contributed by atoms with van der Waals surface area (Å²) in [6.45, 7) is 0. The van der Waals surface area contributed by atoms with Gasteiger partial charge in [-0.1, -0.05) is 19.3 Å². The molecule has 0 radical (unpaired) electrons. The van der Waals surface area contributed by atoms with E-state index in [1.165, 1.54) is 0 Å². The molecule has 1 atom stereocenters. The summed E-state index contributed by atoms with van der Waals surface area (Å²) in [5.41, 5.74) is -4.35. The number of alkyl halides is 5. The molecular formula is C14H12F9O3P. The van der Waals surface area contributed by atoms with E-state index in [0.29, 0.717) is 19.3 Å². The quantitative estimate of drug-likeness (QED) is 0.285. The molecule has 0 saturated heterocycles. The van der Waals surface area contributed by atoms with E-state index in [1.54, 1.807) is 0 Å². The highest BCUT2D eigenvalue weighted by atomic mass is 31.2. The fourth-order valence-electron chi connectivity index (χ4n) is 2.72. The highest BCUT2D eigenvalue weighted by Gasteiger charge is 2.62. The second-order valence-electron chi connectivity index (χ2n) is 5.98. The van der Waals surface area contributed by atoms with Crippen LogP contribution in [0.25, 0.3) is 0 Å². The lowest BCUT2D eigenvalue weighted by Crippen LogP contribution is -2.36. The van der Waals surface area contributed by atoms with Crippen LogP contribution in [0.1, 0.15) is 37.7 Å². The van der Waals surface area contributed by atoms with Crippen LogP contribution in [0, 0.1) is 23.3 Å². The lowest BCUT2D eigenvalue weighted by Gasteiger charge is -2.27. The molecule has 1 aromatic carbocycles. The van der Waals surface area contributed by atoms with Crippen molar-refractivity contribution in [3.63, 3.8) is 0 Å². The smallest absolute Gasteiger partial charge is 0.418 e. The highest BCUT2D eigenvalue weighted by molar-refractivity contribution is 7.54. The Kier molecular flexibility index (Phi) is 5.83. The Morgan fingerprint density at radius 3 is 1.85 bits per heavy atom. The maximum Gasteiger partial charge on any atom is 0.458 e. The summed E-state index contributed by atoms with van der Waals surface area (Å²) in [4.78, 5) is 9.83. The van der Waals surface area contributed by atoms with Crippen molar-refractivity contribution in [3.05, 3.63) is 28.8 Å². The SMILES string of the molecule is O=P(O)(Oc1c(F)c(F)c(F)c(C(F)(F)C(F)(F)F)c1F)C1CCCCC1. The van der Waals surface area contributed by atoms with Crippen LogP contribution in [0.15, 0.2) is 0 Å². The average Bonchev–Trinajstić information content (AvgIpc) is 2.56. The summed E-state index contributed by atoms with van der Waals surface area (Å²) in [5.74, 6) is -20.1. The standard InChI is InChI=1S/C14H12F9O3P/c15-8-7(13(19,20)14(21,22)23)9(16)12(11(18)10(8)17)26-27(24,25)6-4-2-1-3-5-6/h6H,1-5H2,(H,24,25). The van der Waals surface area contributed by atoms with Gasteiger partial charge in [-0.05, 0) is 12.8 Å². The molecule has 1 aliphatic rings. The molecule has 3 nitrogen and oxygen atoms in total. The molecule has 1 aromatic rings. The molecule has 0 bridgehead atoms. The van der Waals surface area contributed by atoms with Gasteiger partial charge in [0.1, 0.15) is 5.56 Å².